The highest BCUT2D eigenvalue weighted by Gasteiger charge is 2.35. The summed E-state index contributed by atoms with van der Waals surface area (Å²) in [6.45, 7) is 8.56. The van der Waals surface area contributed by atoms with Gasteiger partial charge in [-0.05, 0) is 58.6 Å². The van der Waals surface area contributed by atoms with Gasteiger partial charge in [0.1, 0.15) is 17.5 Å². The minimum absolute atomic E-state index is 0.00906. The second kappa shape index (κ2) is 7.71. The molecule has 4 nitrogen and oxygen atoms in total. The number of para-hydroxylation sites is 1. The summed E-state index contributed by atoms with van der Waals surface area (Å²) in [5.41, 5.74) is -0.471. The van der Waals surface area contributed by atoms with E-state index in [0.29, 0.717) is 0 Å². The molecule has 1 aliphatic rings. The van der Waals surface area contributed by atoms with Crippen molar-refractivity contribution in [2.75, 3.05) is 6.54 Å². The molecule has 0 aromatic heterocycles. The predicted octanol–water partition coefficient (Wildman–Crippen LogP) is 4.63. The van der Waals surface area contributed by atoms with E-state index >= 15 is 0 Å². The maximum atomic E-state index is 12.5. The van der Waals surface area contributed by atoms with Crippen molar-refractivity contribution < 1.29 is 14.3 Å². The Labute approximate surface area is 139 Å². The Hall–Kier alpha value is -1.71. The molecule has 0 spiro atoms. The molecule has 1 fully saturated rings. The molecule has 2 rings (SSSR count). The number of amides is 1. The van der Waals surface area contributed by atoms with Gasteiger partial charge in [-0.1, -0.05) is 25.1 Å². The average Bonchev–Trinajstić information content (AvgIpc) is 2.52. The maximum absolute atomic E-state index is 12.5. The number of piperidine rings is 1. The highest BCUT2D eigenvalue weighted by atomic mass is 16.6. The zero-order valence-electron chi connectivity index (χ0n) is 14.7. The normalized spacial score (nSPS) is 20.0. The van der Waals surface area contributed by atoms with Crippen molar-refractivity contribution in [2.45, 2.75) is 71.1 Å². The van der Waals surface area contributed by atoms with E-state index in [1.165, 1.54) is 0 Å². The summed E-state index contributed by atoms with van der Waals surface area (Å²) in [7, 11) is 0. The van der Waals surface area contributed by atoms with E-state index in [1.54, 1.807) is 0 Å². The van der Waals surface area contributed by atoms with Crippen LogP contribution in [-0.2, 0) is 4.74 Å². The predicted molar refractivity (Wildman–Crippen MR) is 91.7 cm³/mol. The Morgan fingerprint density at radius 2 is 1.96 bits per heavy atom. The van der Waals surface area contributed by atoms with Gasteiger partial charge in [0, 0.05) is 6.54 Å². The van der Waals surface area contributed by atoms with Gasteiger partial charge < -0.3 is 14.4 Å². The third-order valence-electron chi connectivity index (χ3n) is 4.04. The number of benzene rings is 1. The van der Waals surface area contributed by atoms with E-state index < -0.39 is 5.60 Å². The van der Waals surface area contributed by atoms with Crippen LogP contribution in [0, 0.1) is 0 Å². The first-order valence-corrected chi connectivity index (χ1v) is 8.62. The summed E-state index contributed by atoms with van der Waals surface area (Å²) >= 11 is 0. The third kappa shape index (κ3) is 5.15. The number of likely N-dealkylation sites (tertiary alicyclic amines) is 1. The molecule has 1 aromatic rings. The smallest absolute Gasteiger partial charge is 0.410 e. The summed E-state index contributed by atoms with van der Waals surface area (Å²) in [6, 6.07) is 9.90. The van der Waals surface area contributed by atoms with Gasteiger partial charge in [0.05, 0.1) is 6.04 Å². The van der Waals surface area contributed by atoms with Crippen molar-refractivity contribution in [3.05, 3.63) is 30.3 Å². The summed E-state index contributed by atoms with van der Waals surface area (Å²) in [5.74, 6) is 0.856. The van der Waals surface area contributed by atoms with Crippen LogP contribution in [0.15, 0.2) is 30.3 Å². The highest BCUT2D eigenvalue weighted by molar-refractivity contribution is 5.68. The van der Waals surface area contributed by atoms with Gasteiger partial charge in [-0.3, -0.25) is 0 Å². The SMILES string of the molecule is CCC(Oc1ccccc1)C1CCCCN1C(=O)OC(C)(C)C. The van der Waals surface area contributed by atoms with E-state index in [-0.39, 0.29) is 18.2 Å². The molecule has 1 aliphatic heterocycles. The third-order valence-corrected chi connectivity index (χ3v) is 4.04. The lowest BCUT2D eigenvalue weighted by Crippen LogP contribution is -2.52. The molecular formula is C19H29NO3. The molecule has 2 unspecified atom stereocenters. The number of ether oxygens (including phenoxy) is 2. The Morgan fingerprint density at radius 1 is 1.26 bits per heavy atom. The molecule has 0 bridgehead atoms. The monoisotopic (exact) mass is 319 g/mol. The summed E-state index contributed by atoms with van der Waals surface area (Å²) in [6.07, 6.45) is 3.74. The first kappa shape index (κ1) is 17.6. The number of rotatable bonds is 4. The largest absolute Gasteiger partial charge is 0.488 e. The van der Waals surface area contributed by atoms with Gasteiger partial charge >= 0.3 is 6.09 Å². The van der Waals surface area contributed by atoms with E-state index in [2.05, 4.69) is 6.92 Å². The number of hydrogen-bond acceptors (Lipinski definition) is 3. The molecule has 0 aliphatic carbocycles. The van der Waals surface area contributed by atoms with E-state index in [9.17, 15) is 4.79 Å². The van der Waals surface area contributed by atoms with E-state index in [0.717, 1.165) is 38.0 Å². The molecule has 1 aromatic carbocycles. The number of hydrogen-bond donors (Lipinski definition) is 0. The van der Waals surface area contributed by atoms with Crippen LogP contribution in [0.1, 0.15) is 53.4 Å². The molecule has 4 heteroatoms. The van der Waals surface area contributed by atoms with E-state index in [1.807, 2.05) is 56.0 Å². The fraction of sp³-hybridized carbons (Fsp3) is 0.632. The molecule has 0 radical (unpaired) electrons. The Kier molecular flexibility index (Phi) is 5.91. The van der Waals surface area contributed by atoms with Crippen LogP contribution in [0.25, 0.3) is 0 Å². The molecule has 0 saturated carbocycles. The van der Waals surface area contributed by atoms with Crippen LogP contribution < -0.4 is 4.74 Å². The number of carbonyl (C=O) groups excluding carboxylic acids is 1. The molecule has 1 heterocycles. The first-order chi connectivity index (χ1) is 10.9. The average molecular weight is 319 g/mol. The van der Waals surface area contributed by atoms with Crippen LogP contribution in [-0.4, -0.2) is 35.3 Å². The zero-order chi connectivity index (χ0) is 16.9. The maximum Gasteiger partial charge on any atom is 0.410 e. The molecule has 128 valence electrons. The van der Waals surface area contributed by atoms with Crippen molar-refractivity contribution in [1.82, 2.24) is 4.90 Å². The minimum Gasteiger partial charge on any atom is -0.488 e. The van der Waals surface area contributed by atoms with Crippen LogP contribution >= 0.6 is 0 Å². The number of nitrogens with zero attached hydrogens (tertiary/aromatic N) is 1. The molecule has 1 saturated heterocycles. The van der Waals surface area contributed by atoms with Crippen LogP contribution in [0.4, 0.5) is 4.79 Å². The van der Waals surface area contributed by atoms with Gasteiger partial charge in [0.2, 0.25) is 0 Å². The lowest BCUT2D eigenvalue weighted by atomic mass is 9.96. The van der Waals surface area contributed by atoms with Crippen LogP contribution in [0.5, 0.6) is 5.75 Å². The highest BCUT2D eigenvalue weighted by Crippen LogP contribution is 2.26. The lowest BCUT2D eigenvalue weighted by Gasteiger charge is -2.40. The first-order valence-electron chi connectivity index (χ1n) is 8.62. The van der Waals surface area contributed by atoms with Crippen molar-refractivity contribution in [2.24, 2.45) is 0 Å². The molecule has 0 N–H and O–H groups in total. The Morgan fingerprint density at radius 3 is 2.57 bits per heavy atom. The quantitative estimate of drug-likeness (QED) is 0.812. The van der Waals surface area contributed by atoms with Crippen LogP contribution in [0.3, 0.4) is 0 Å². The summed E-state index contributed by atoms with van der Waals surface area (Å²) in [4.78, 5) is 14.4. The van der Waals surface area contributed by atoms with Gasteiger partial charge in [0.15, 0.2) is 0 Å². The summed E-state index contributed by atoms with van der Waals surface area (Å²) < 4.78 is 11.7. The second-order valence-electron chi connectivity index (χ2n) is 7.11. The van der Waals surface area contributed by atoms with Crippen molar-refractivity contribution in [3.63, 3.8) is 0 Å². The fourth-order valence-corrected chi connectivity index (χ4v) is 3.00. The minimum atomic E-state index is -0.471. The Balaban J connectivity index is 2.10. The summed E-state index contributed by atoms with van der Waals surface area (Å²) in [5, 5.41) is 0. The van der Waals surface area contributed by atoms with Gasteiger partial charge in [-0.15, -0.1) is 0 Å². The standard InChI is InChI=1S/C19H29NO3/c1-5-17(22-15-11-7-6-8-12-15)16-13-9-10-14-20(16)18(21)23-19(2,3)4/h6-8,11-12,16-17H,5,9-10,13-14H2,1-4H3. The topological polar surface area (TPSA) is 38.8 Å². The Bertz CT molecular complexity index is 495. The zero-order valence-corrected chi connectivity index (χ0v) is 14.7. The number of carbonyl (C=O) groups is 1. The van der Waals surface area contributed by atoms with Crippen molar-refractivity contribution in [1.29, 1.82) is 0 Å². The van der Waals surface area contributed by atoms with E-state index in [4.69, 9.17) is 9.47 Å². The molecular weight excluding hydrogens is 290 g/mol. The van der Waals surface area contributed by atoms with Crippen molar-refractivity contribution >= 4 is 6.09 Å². The second-order valence-corrected chi connectivity index (χ2v) is 7.11. The van der Waals surface area contributed by atoms with Gasteiger partial charge in [-0.25, -0.2) is 4.79 Å². The van der Waals surface area contributed by atoms with Crippen LogP contribution in [0.2, 0.25) is 0 Å². The molecule has 23 heavy (non-hydrogen) atoms. The lowest BCUT2D eigenvalue weighted by molar-refractivity contribution is -0.0115. The van der Waals surface area contributed by atoms with Gasteiger partial charge in [0.25, 0.3) is 0 Å². The van der Waals surface area contributed by atoms with Crippen molar-refractivity contribution in [3.8, 4) is 5.75 Å². The molecule has 2 atom stereocenters. The molecule has 1 amide bonds. The van der Waals surface area contributed by atoms with Gasteiger partial charge in [-0.2, -0.15) is 0 Å². The fourth-order valence-electron chi connectivity index (χ4n) is 3.00.